The summed E-state index contributed by atoms with van der Waals surface area (Å²) in [5.41, 5.74) is 17.7. The lowest BCUT2D eigenvalue weighted by Gasteiger charge is -2.30. The van der Waals surface area contributed by atoms with Gasteiger partial charge in [0.2, 0.25) is 11.9 Å². The average molecular weight is 1780 g/mol. The zero-order valence-electron chi connectivity index (χ0n) is 61.7. The Bertz CT molecular complexity index is 5020. The van der Waals surface area contributed by atoms with Crippen molar-refractivity contribution in [1.82, 2.24) is 63.0 Å². The molecule has 54 heteroatoms. The molecule has 0 saturated carbocycles. The Kier molecular flexibility index (Phi) is 31.2. The molecule has 46 nitrogen and oxygen atoms in total. The molecule has 0 bridgehead atoms. The molecule has 19 atom stereocenters. The van der Waals surface area contributed by atoms with E-state index in [1.54, 1.807) is 0 Å². The molecule has 11 heterocycles. The number of anilines is 3. The highest BCUT2D eigenvalue weighted by molar-refractivity contribution is 8.08. The fourth-order valence-electron chi connectivity index (χ4n) is 13.0. The zero-order valence-corrected chi connectivity index (χ0v) is 68.6. The number of aliphatic hydroxyl groups excluding tert-OH is 1. The van der Waals surface area contributed by atoms with Crippen molar-refractivity contribution in [3.8, 4) is 0 Å². The van der Waals surface area contributed by atoms with Gasteiger partial charge in [-0.2, -0.15) is 15.0 Å². The maximum Gasteiger partial charge on any atom is 0.351 e. The van der Waals surface area contributed by atoms with Crippen molar-refractivity contribution in [2.24, 2.45) is 17.6 Å². The third-order valence-electron chi connectivity index (χ3n) is 18.6. The van der Waals surface area contributed by atoms with E-state index in [4.69, 9.17) is 149 Å². The summed E-state index contributed by atoms with van der Waals surface area (Å²) in [4.78, 5) is 161. The van der Waals surface area contributed by atoms with Gasteiger partial charge in [-0.05, 0) is 84.5 Å². The number of imidazole rings is 1. The number of aryl methyl sites for hydroxylation is 1. The van der Waals surface area contributed by atoms with Crippen molar-refractivity contribution in [2.45, 2.75) is 145 Å². The van der Waals surface area contributed by atoms with E-state index in [0.29, 0.717) is 19.6 Å². The van der Waals surface area contributed by atoms with Crippen LogP contribution in [0.25, 0.3) is 11.2 Å². The SMILES string of the molecule is Cc1cn([C@H]2C[C@@H](OP(=S)(OCCOCCOCCNC(=O)CCOCCN)OC[C@H]3O[C@@H](n4ccc(N)nc4=O)C[C@H]3C(C)C)[C@@H](COP(O)(=S)O[C@@H]3C[C@H](n4cnc5c(=O)[nH]c(N)nc54)O[C@@H]3COP(O)(=S)O[C@@H]3C[C@H](n4ccc(N)nc4=O)O[C@@H]3COP(O)(=S)O[C@@H]3C[C@H](n4ccc(=O)[nH]c4=O)O[C@@H]3CO)O2)c(=O)[nH]c1=O. The first-order valence-electron chi connectivity index (χ1n) is 35.8. The van der Waals surface area contributed by atoms with Crippen LogP contribution in [0.4, 0.5) is 17.6 Å². The van der Waals surface area contributed by atoms with Crippen molar-refractivity contribution in [2.75, 3.05) is 110 Å². The summed E-state index contributed by atoms with van der Waals surface area (Å²) >= 11 is 22.9. The van der Waals surface area contributed by atoms with Gasteiger partial charge in [0.1, 0.15) is 67.2 Å². The number of rotatable bonds is 42. The Morgan fingerprint density at radius 1 is 0.565 bits per heavy atom. The van der Waals surface area contributed by atoms with Crippen LogP contribution in [0.15, 0.2) is 82.9 Å². The Morgan fingerprint density at radius 3 is 1.60 bits per heavy atom. The lowest BCUT2D eigenvalue weighted by molar-refractivity contribution is -0.122. The molecule has 11 rings (SSSR count). The van der Waals surface area contributed by atoms with E-state index in [9.17, 15) is 58.1 Å². The third-order valence-corrected chi connectivity index (χ3v) is 25.7. The van der Waals surface area contributed by atoms with Gasteiger partial charge in [-0.3, -0.25) is 57.0 Å². The second kappa shape index (κ2) is 40.0. The first kappa shape index (κ1) is 89.8. The van der Waals surface area contributed by atoms with Gasteiger partial charge in [0.05, 0.1) is 116 Å². The average Bonchev–Trinajstić information content (AvgIpc) is 1.64. The number of carbonyl (C=O) groups is 1. The minimum absolute atomic E-state index is 0.0145. The zero-order chi connectivity index (χ0) is 82.7. The number of nitrogens with one attached hydrogen (secondary N) is 4. The quantitative estimate of drug-likeness (QED) is 0.0153. The van der Waals surface area contributed by atoms with Crippen molar-refractivity contribution >= 4 is 109 Å². The van der Waals surface area contributed by atoms with Gasteiger partial charge in [0.25, 0.3) is 16.7 Å². The molecule has 115 heavy (non-hydrogen) atoms. The van der Waals surface area contributed by atoms with E-state index < -0.39 is 179 Å². The second-order valence-electron chi connectivity index (χ2n) is 26.9. The summed E-state index contributed by atoms with van der Waals surface area (Å²) in [6.45, 7) is -14.1. The first-order valence-corrected chi connectivity index (χ1v) is 46.2. The number of nitrogen functional groups attached to an aromatic ring is 3. The van der Waals surface area contributed by atoms with E-state index >= 15 is 0 Å². The molecule has 0 radical (unpaired) electrons. The third kappa shape index (κ3) is 24.2. The van der Waals surface area contributed by atoms with Crippen LogP contribution in [0.5, 0.6) is 0 Å². The number of ether oxygens (including phenoxy) is 8. The van der Waals surface area contributed by atoms with E-state index in [1.807, 2.05) is 13.8 Å². The predicted molar refractivity (Wildman–Crippen MR) is 416 cm³/mol. The molecule has 6 aromatic rings. The molecule has 5 fully saturated rings. The summed E-state index contributed by atoms with van der Waals surface area (Å²) in [6, 6.07) is 3.85. The highest BCUT2D eigenvalue weighted by atomic mass is 32.5. The fraction of sp³-hybridized carbons (Fsp3) is 0.639. The smallest absolute Gasteiger partial charge is 0.351 e. The van der Waals surface area contributed by atoms with Crippen molar-refractivity contribution < 1.29 is 103 Å². The molecule has 0 aliphatic carbocycles. The van der Waals surface area contributed by atoms with Crippen molar-refractivity contribution in [3.05, 3.63) is 128 Å². The Hall–Kier alpha value is -5.94. The van der Waals surface area contributed by atoms with Gasteiger partial charge in [0, 0.05) is 81.6 Å². The van der Waals surface area contributed by atoms with Crippen molar-refractivity contribution in [1.29, 1.82) is 0 Å². The molecule has 0 spiro atoms. The van der Waals surface area contributed by atoms with E-state index in [0.717, 1.165) is 19.8 Å². The lowest BCUT2D eigenvalue weighted by atomic mass is 9.89. The van der Waals surface area contributed by atoms with Gasteiger partial charge < -0.3 is 127 Å². The standard InChI is InChI=1S/C61H89N17O29P4S4/c1-32(2)34-20-48(74-10-4-44(63)68-58(74)84)100-40(34)27-98-111(115,94-19-18-93-17-16-92-15-9-66-46(80)7-13-91-14-8-62)107-38-24-51(77-25-33(3)55(82)73-61(77)87)102-43(38)30-97-110(90,114)106-37-23-52(78-31-67-53-54(78)71-57(65)72-56(53)83)103-42(37)29-96-109(89,113)105-36-22-50(75-11-5-45(64)69-59(75)85)101-41(36)28-95-108(88,112)104-35-21-49(99-39(35)26-79)76-12-6-47(81)70-60(76)86/h4-6,10-12,25,31-32,34-43,48-52,79H,7-9,13-24,26-30,62H2,1-3H3,(H,66,80)(H,88,112)(H,89,113)(H,90,114)(H2,63,68,84)(H2,64,69,85)(H,70,81,86)(H,73,82,87)(H3,65,71,72,83)/t34-,35+,36+,37+,38+,39+,40+,41+,42+,43+,48+,49+,50+,51+,52+,108?,109?,110?,111?/m0/s1. The summed E-state index contributed by atoms with van der Waals surface area (Å²) in [5, 5.41) is 12.9. The van der Waals surface area contributed by atoms with Crippen LogP contribution in [-0.2, 0) is 131 Å². The molecule has 5 saturated heterocycles. The summed E-state index contributed by atoms with van der Waals surface area (Å²) in [5.74, 6) is -0.883. The van der Waals surface area contributed by atoms with Crippen LogP contribution in [0, 0.1) is 18.8 Å². The van der Waals surface area contributed by atoms with Gasteiger partial charge in [-0.25, -0.2) is 24.2 Å². The summed E-state index contributed by atoms with van der Waals surface area (Å²) < 4.78 is 110. The molecule has 636 valence electrons. The molecule has 1 amide bonds. The number of H-pyrrole nitrogens is 3. The largest absolute Gasteiger partial charge is 0.394 e. The first-order chi connectivity index (χ1) is 54.6. The van der Waals surface area contributed by atoms with E-state index in [2.05, 4.69) is 40.2 Å². The lowest BCUT2D eigenvalue weighted by Crippen LogP contribution is -2.33. The number of carbonyl (C=O) groups excluding carboxylic acids is 1. The monoisotopic (exact) mass is 1780 g/mol. The number of hydrogen-bond acceptors (Lipinski definition) is 38. The number of aromatic amines is 3. The molecule has 4 unspecified atom stereocenters. The maximum absolute atomic E-state index is 13.6. The number of aliphatic hydroxyl groups is 1. The van der Waals surface area contributed by atoms with Crippen molar-refractivity contribution in [3.63, 3.8) is 0 Å². The second-order valence-corrected chi connectivity index (χ2v) is 38.3. The molecule has 0 aromatic carbocycles. The van der Waals surface area contributed by atoms with Crippen LogP contribution in [-0.4, -0.2) is 231 Å². The van der Waals surface area contributed by atoms with Crippen LogP contribution >= 0.6 is 26.9 Å². The number of nitrogens with two attached hydrogens (primary N) is 4. The predicted octanol–water partition coefficient (Wildman–Crippen LogP) is -1.50. The van der Waals surface area contributed by atoms with E-state index in [1.165, 1.54) is 59.3 Å². The van der Waals surface area contributed by atoms with Crippen LogP contribution in [0.1, 0.15) is 89.1 Å². The van der Waals surface area contributed by atoms with Gasteiger partial charge in [-0.15, -0.1) is 0 Å². The molecule has 5 aliphatic rings. The minimum Gasteiger partial charge on any atom is -0.394 e. The highest BCUT2D eigenvalue weighted by Gasteiger charge is 2.49. The van der Waals surface area contributed by atoms with Gasteiger partial charge >= 0.3 is 49.6 Å². The number of fused-ring (bicyclic) bond motifs is 1. The molecule has 16 N–H and O–H groups in total. The van der Waals surface area contributed by atoms with Crippen LogP contribution in [0.2, 0.25) is 0 Å². The van der Waals surface area contributed by atoms with Gasteiger partial charge in [0.15, 0.2) is 11.2 Å². The molecule has 6 aromatic heterocycles. The topological polar surface area (TPSA) is 614 Å². The fourth-order valence-corrected chi connectivity index (χ4v) is 19.5. The van der Waals surface area contributed by atoms with Crippen LogP contribution in [0.3, 0.4) is 0 Å². The summed E-state index contributed by atoms with van der Waals surface area (Å²) in [7, 11) is 0. The number of nitrogens with zero attached hydrogens (tertiary/aromatic N) is 9. The normalized spacial score (nSPS) is 27.1. The molecular weight excluding hydrogens is 1690 g/mol. The van der Waals surface area contributed by atoms with Gasteiger partial charge in [-0.1, -0.05) is 13.8 Å². The number of hydrogen-bond donors (Lipinski definition) is 12. The molecule has 5 aliphatic heterocycles. The number of amides is 1. The maximum atomic E-state index is 13.6. The summed E-state index contributed by atoms with van der Waals surface area (Å²) in [6.07, 6.45) is -10.7. The number of aromatic nitrogens is 12. The Morgan fingerprint density at radius 2 is 1.04 bits per heavy atom. The highest BCUT2D eigenvalue weighted by Crippen LogP contribution is 2.57. The Balaban J connectivity index is 0.801. The van der Waals surface area contributed by atoms with E-state index in [-0.39, 0.29) is 137 Å². The Labute approximate surface area is 671 Å². The minimum atomic E-state index is -4.64. The molecular formula is C61H89N17O29P4S4. The van der Waals surface area contributed by atoms with Crippen LogP contribution < -0.4 is 67.7 Å².